The molecule has 2 saturated carbocycles. The maximum atomic E-state index is 14.3. The summed E-state index contributed by atoms with van der Waals surface area (Å²) in [6.45, 7) is 4.62. The van der Waals surface area contributed by atoms with Crippen LogP contribution in [-0.4, -0.2) is 30.3 Å². The van der Waals surface area contributed by atoms with Crippen LogP contribution in [0.2, 0.25) is 0 Å². The number of fused-ring (bicyclic) bond motifs is 3. The lowest BCUT2D eigenvalue weighted by molar-refractivity contribution is -0.125. The fourth-order valence-corrected chi connectivity index (χ4v) is 11.5. The average molecular weight is 738 g/mol. The van der Waals surface area contributed by atoms with Crippen LogP contribution in [0.5, 0.6) is 0 Å². The van der Waals surface area contributed by atoms with Crippen molar-refractivity contribution in [1.29, 1.82) is 0 Å². The van der Waals surface area contributed by atoms with Crippen molar-refractivity contribution in [3.05, 3.63) is 136 Å². The first-order chi connectivity index (χ1) is 27.4. The summed E-state index contributed by atoms with van der Waals surface area (Å²) >= 11 is 0. The number of unbranched alkanes of at least 4 members (excludes halogenated alkanes) is 6. The number of likely N-dealkylation sites (N-methyl/N-ethyl adjacent to an activating group) is 1. The first-order valence-corrected chi connectivity index (χ1v) is 21.8. The number of rotatable bonds is 12. The molecular weight excluding hydrogens is 679 g/mol. The third kappa shape index (κ3) is 6.40. The second kappa shape index (κ2) is 16.1. The minimum atomic E-state index is -0.430. The molecule has 0 amide bonds. The van der Waals surface area contributed by atoms with E-state index in [9.17, 15) is 4.79 Å². The van der Waals surface area contributed by atoms with Crippen LogP contribution >= 0.6 is 0 Å². The van der Waals surface area contributed by atoms with Crippen molar-refractivity contribution in [2.45, 2.75) is 121 Å². The summed E-state index contributed by atoms with van der Waals surface area (Å²) in [7, 11) is 4.37. The largest absolute Gasteiger partial charge is 0.299 e. The lowest BCUT2D eigenvalue weighted by atomic mass is 9.64. The zero-order chi connectivity index (χ0) is 38.8. The highest BCUT2D eigenvalue weighted by atomic mass is 16.1. The normalized spacial score (nSPS) is 22.6. The molecule has 0 heterocycles. The van der Waals surface area contributed by atoms with Gasteiger partial charge in [-0.2, -0.15) is 0 Å². The number of Topliss-reactive ketones (excluding diaryl/α,β-unsaturated/α-hetero) is 1. The number of ketones is 1. The van der Waals surface area contributed by atoms with Gasteiger partial charge in [0.2, 0.25) is 0 Å². The summed E-state index contributed by atoms with van der Waals surface area (Å²) in [5.41, 5.74) is 11.6. The van der Waals surface area contributed by atoms with Crippen LogP contribution in [0.4, 0.5) is 0 Å². The van der Waals surface area contributed by atoms with Gasteiger partial charge >= 0.3 is 0 Å². The third-order valence-corrected chi connectivity index (χ3v) is 14.1. The third-order valence-electron chi connectivity index (χ3n) is 14.1. The second-order valence-electron chi connectivity index (χ2n) is 17.4. The maximum Gasteiger partial charge on any atom is 0.146 e. The molecule has 2 heteroatoms. The molecule has 4 aliphatic carbocycles. The van der Waals surface area contributed by atoms with Crippen molar-refractivity contribution in [1.82, 2.24) is 4.90 Å². The Hall–Kier alpha value is -4.63. The minimum absolute atomic E-state index is 0.0691. The molecule has 0 saturated heterocycles. The summed E-state index contributed by atoms with van der Waals surface area (Å²) in [6, 6.07) is 35.2. The van der Waals surface area contributed by atoms with Gasteiger partial charge in [-0.15, -0.1) is 0 Å². The van der Waals surface area contributed by atoms with Gasteiger partial charge < -0.3 is 0 Å². The summed E-state index contributed by atoms with van der Waals surface area (Å²) in [6.07, 6.45) is 17.1. The number of hydrogen-bond donors (Lipinski definition) is 0. The van der Waals surface area contributed by atoms with Gasteiger partial charge in [0.15, 0.2) is 0 Å². The molecule has 4 aromatic carbocycles. The van der Waals surface area contributed by atoms with Crippen LogP contribution < -0.4 is 0 Å². The van der Waals surface area contributed by atoms with Crippen molar-refractivity contribution >= 4 is 11.4 Å². The van der Waals surface area contributed by atoms with Crippen LogP contribution in [0.25, 0.3) is 16.7 Å². The van der Waals surface area contributed by atoms with E-state index in [4.69, 9.17) is 0 Å². The van der Waals surface area contributed by atoms with E-state index in [1.807, 2.05) is 6.07 Å². The minimum Gasteiger partial charge on any atom is -0.299 e. The molecule has 3 atom stereocenters. The standard InChI is InChI=1S/C54H59NO/c1-5-7-9-18-34-52(35-19-10-8-6-2)47-37-41(27-26-40-21-13-11-14-22-40)28-31-44(47)45-32-29-42(38-48(45)52)30-33-46-51(43-23-15-12-16-24-43)53-36-20-17-25-49(53)54(46,55(3)4)39-50(53)56/h11-16,21-24,28-29,31-32,37-38,49H,5-10,17-20,25,34-36,39H2,1-4H3. The Bertz CT molecular complexity index is 2230. The molecule has 4 aromatic rings. The predicted molar refractivity (Wildman–Crippen MR) is 233 cm³/mol. The van der Waals surface area contributed by atoms with Crippen LogP contribution in [0.1, 0.15) is 144 Å². The summed E-state index contributed by atoms with van der Waals surface area (Å²) in [5, 5.41) is 0. The topological polar surface area (TPSA) is 20.3 Å². The molecule has 2 fully saturated rings. The van der Waals surface area contributed by atoms with Gasteiger partial charge in [0.05, 0.1) is 11.0 Å². The SMILES string of the molecule is CCCCCCC1(CCCCCC)c2cc(C#CC3=C(c4ccccc4)C45CCCCC4C3(N(C)C)CC5=O)ccc2-c2ccc(C#Cc3ccccc3)cc21. The fraction of sp³-hybridized carbons (Fsp3) is 0.426. The second-order valence-corrected chi connectivity index (χ2v) is 17.4. The molecule has 2 nitrogen and oxygen atoms in total. The van der Waals surface area contributed by atoms with Crippen molar-refractivity contribution in [2.75, 3.05) is 14.1 Å². The molecule has 0 N–H and O–H groups in total. The van der Waals surface area contributed by atoms with E-state index in [1.54, 1.807) is 0 Å². The van der Waals surface area contributed by atoms with Crippen LogP contribution in [0, 0.1) is 35.0 Å². The lowest BCUT2D eigenvalue weighted by Crippen LogP contribution is -2.48. The number of carbonyl (C=O) groups excluding carboxylic acids is 1. The van der Waals surface area contributed by atoms with Gasteiger partial charge in [0.25, 0.3) is 0 Å². The first-order valence-electron chi connectivity index (χ1n) is 21.8. The molecule has 2 bridgehead atoms. The summed E-state index contributed by atoms with van der Waals surface area (Å²) in [4.78, 5) is 16.6. The number of nitrogens with zero attached hydrogens (tertiary/aromatic N) is 1. The van der Waals surface area contributed by atoms with Crippen molar-refractivity contribution in [3.8, 4) is 34.8 Å². The zero-order valence-corrected chi connectivity index (χ0v) is 34.3. The van der Waals surface area contributed by atoms with Gasteiger partial charge in [0, 0.05) is 34.1 Å². The smallest absolute Gasteiger partial charge is 0.146 e. The molecular formula is C54H59NO. The Balaban J connectivity index is 1.26. The number of carbonyl (C=O) groups is 1. The monoisotopic (exact) mass is 737 g/mol. The Morgan fingerprint density at radius 1 is 0.643 bits per heavy atom. The lowest BCUT2D eigenvalue weighted by Gasteiger charge is -2.42. The zero-order valence-electron chi connectivity index (χ0n) is 34.3. The molecule has 0 aliphatic heterocycles. The Kier molecular flexibility index (Phi) is 11.0. The van der Waals surface area contributed by atoms with E-state index in [2.05, 4.69) is 148 Å². The molecule has 0 spiro atoms. The Morgan fingerprint density at radius 2 is 1.21 bits per heavy atom. The molecule has 0 radical (unpaired) electrons. The van der Waals surface area contributed by atoms with E-state index >= 15 is 0 Å². The van der Waals surface area contributed by atoms with Crippen molar-refractivity contribution in [3.63, 3.8) is 0 Å². The fourth-order valence-electron chi connectivity index (χ4n) is 11.5. The summed E-state index contributed by atoms with van der Waals surface area (Å²) < 4.78 is 0. The Morgan fingerprint density at radius 3 is 1.80 bits per heavy atom. The van der Waals surface area contributed by atoms with Gasteiger partial charge in [-0.25, -0.2) is 0 Å². The molecule has 4 aliphatic rings. The van der Waals surface area contributed by atoms with Gasteiger partial charge in [-0.1, -0.05) is 162 Å². The van der Waals surface area contributed by atoms with E-state index in [0.717, 1.165) is 48.8 Å². The first kappa shape index (κ1) is 38.3. The van der Waals surface area contributed by atoms with Crippen molar-refractivity contribution < 1.29 is 4.79 Å². The molecule has 286 valence electrons. The van der Waals surface area contributed by atoms with Crippen molar-refractivity contribution in [2.24, 2.45) is 11.3 Å². The Labute approximate surface area is 337 Å². The number of hydrogen-bond acceptors (Lipinski definition) is 2. The molecule has 0 aromatic heterocycles. The van der Waals surface area contributed by atoms with Gasteiger partial charge in [-0.3, -0.25) is 9.69 Å². The maximum absolute atomic E-state index is 14.3. The van der Waals surface area contributed by atoms with E-state index in [1.165, 1.54) is 96.8 Å². The highest BCUT2D eigenvalue weighted by Gasteiger charge is 2.71. The van der Waals surface area contributed by atoms with Gasteiger partial charge in [0.1, 0.15) is 5.78 Å². The number of allylic oxidation sites excluding steroid dienone is 1. The van der Waals surface area contributed by atoms with E-state index < -0.39 is 5.41 Å². The molecule has 3 unspecified atom stereocenters. The van der Waals surface area contributed by atoms with E-state index in [0.29, 0.717) is 12.2 Å². The van der Waals surface area contributed by atoms with Crippen LogP contribution in [-0.2, 0) is 10.2 Å². The molecule has 56 heavy (non-hydrogen) atoms. The van der Waals surface area contributed by atoms with Gasteiger partial charge in [-0.05, 0) is 115 Å². The number of benzene rings is 4. The highest BCUT2D eigenvalue weighted by Crippen LogP contribution is 2.70. The predicted octanol–water partition coefficient (Wildman–Crippen LogP) is 12.6. The quantitative estimate of drug-likeness (QED) is 0.107. The highest BCUT2D eigenvalue weighted by molar-refractivity contribution is 6.08. The average Bonchev–Trinajstić information content (AvgIpc) is 3.76. The molecule has 8 rings (SSSR count). The van der Waals surface area contributed by atoms with Crippen LogP contribution in [0.3, 0.4) is 0 Å². The van der Waals surface area contributed by atoms with E-state index in [-0.39, 0.29) is 16.9 Å². The summed E-state index contributed by atoms with van der Waals surface area (Å²) in [5.74, 6) is 15.4. The van der Waals surface area contributed by atoms with Crippen LogP contribution in [0.15, 0.2) is 103 Å².